The maximum Gasteiger partial charge on any atom is 0.417 e. The van der Waals surface area contributed by atoms with Gasteiger partial charge in [0.25, 0.3) is 0 Å². The van der Waals surface area contributed by atoms with Gasteiger partial charge in [-0.05, 0) is 35.8 Å². The minimum atomic E-state index is -4.48. The molecule has 0 unspecified atom stereocenters. The summed E-state index contributed by atoms with van der Waals surface area (Å²) < 4.78 is 43.1. The summed E-state index contributed by atoms with van der Waals surface area (Å²) in [7, 11) is 0. The van der Waals surface area contributed by atoms with Gasteiger partial charge in [0.05, 0.1) is 28.9 Å². The van der Waals surface area contributed by atoms with Gasteiger partial charge in [-0.1, -0.05) is 17.7 Å². The maximum atomic E-state index is 12.6. The molecule has 1 aliphatic rings. The third-order valence-electron chi connectivity index (χ3n) is 4.86. The summed E-state index contributed by atoms with van der Waals surface area (Å²) in [5.41, 5.74) is 1.54. The van der Waals surface area contributed by atoms with Gasteiger partial charge in [0, 0.05) is 25.5 Å². The molecule has 1 N–H and O–H groups in total. The molecule has 32 heavy (non-hydrogen) atoms. The zero-order chi connectivity index (χ0) is 22.7. The summed E-state index contributed by atoms with van der Waals surface area (Å²) in [6.45, 7) is 0.701. The van der Waals surface area contributed by atoms with Gasteiger partial charge < -0.3 is 9.32 Å². The Hall–Kier alpha value is -3.40. The highest BCUT2D eigenvalue weighted by Gasteiger charge is 2.30. The van der Waals surface area contributed by atoms with E-state index in [-0.39, 0.29) is 5.82 Å². The monoisotopic (exact) mass is 463 g/mol. The molecule has 0 bridgehead atoms. The quantitative estimate of drug-likeness (QED) is 0.585. The number of nitrogens with zero attached hydrogens (tertiary/aromatic N) is 4. The molecule has 0 radical (unpaired) electrons. The number of pyridine rings is 2. The van der Waals surface area contributed by atoms with Crippen LogP contribution in [0.15, 0.2) is 53.5 Å². The SMILES string of the molecule is O=C(Nc1ccc(C(F)(F)F)cn1)N1CC=C(c2ncc(Cc3ncco3)cc2Cl)CC1. The topological polar surface area (TPSA) is 84.2 Å². The zero-order valence-electron chi connectivity index (χ0n) is 16.6. The Kier molecular flexibility index (Phi) is 6.13. The zero-order valence-corrected chi connectivity index (χ0v) is 17.3. The molecular weight excluding hydrogens is 447 g/mol. The number of hydrogen-bond acceptors (Lipinski definition) is 5. The van der Waals surface area contributed by atoms with E-state index >= 15 is 0 Å². The molecule has 7 nitrogen and oxygen atoms in total. The largest absolute Gasteiger partial charge is 0.449 e. The molecule has 0 saturated carbocycles. The summed E-state index contributed by atoms with van der Waals surface area (Å²) >= 11 is 6.42. The summed E-state index contributed by atoms with van der Waals surface area (Å²) in [5.74, 6) is 0.612. The first-order valence-electron chi connectivity index (χ1n) is 9.61. The van der Waals surface area contributed by atoms with Crippen LogP contribution in [-0.4, -0.2) is 39.0 Å². The lowest BCUT2D eigenvalue weighted by Crippen LogP contribution is -2.38. The van der Waals surface area contributed by atoms with Crippen molar-refractivity contribution in [2.24, 2.45) is 0 Å². The van der Waals surface area contributed by atoms with Gasteiger partial charge in [0.15, 0.2) is 5.89 Å². The molecule has 4 heterocycles. The van der Waals surface area contributed by atoms with E-state index in [0.29, 0.717) is 48.7 Å². The highest BCUT2D eigenvalue weighted by atomic mass is 35.5. The van der Waals surface area contributed by atoms with Crippen LogP contribution in [0.5, 0.6) is 0 Å². The Morgan fingerprint density at radius 3 is 2.66 bits per heavy atom. The van der Waals surface area contributed by atoms with Crippen molar-refractivity contribution in [2.75, 3.05) is 18.4 Å². The summed E-state index contributed by atoms with van der Waals surface area (Å²) in [6, 6.07) is 3.35. The van der Waals surface area contributed by atoms with Gasteiger partial charge in [-0.2, -0.15) is 13.2 Å². The number of carbonyl (C=O) groups excluding carboxylic acids is 1. The minimum absolute atomic E-state index is 0.0455. The molecule has 0 fully saturated rings. The lowest BCUT2D eigenvalue weighted by molar-refractivity contribution is -0.137. The van der Waals surface area contributed by atoms with E-state index in [9.17, 15) is 18.0 Å². The van der Waals surface area contributed by atoms with E-state index in [1.165, 1.54) is 11.2 Å². The number of urea groups is 1. The van der Waals surface area contributed by atoms with Crippen LogP contribution in [0, 0.1) is 0 Å². The highest BCUT2D eigenvalue weighted by Crippen LogP contribution is 2.30. The Balaban J connectivity index is 1.37. The number of amides is 2. The Labute approximate surface area is 185 Å². The maximum absolute atomic E-state index is 12.6. The second kappa shape index (κ2) is 8.99. The number of rotatable bonds is 4. The molecule has 0 aromatic carbocycles. The second-order valence-corrected chi connectivity index (χ2v) is 7.47. The third-order valence-corrected chi connectivity index (χ3v) is 5.15. The smallest absolute Gasteiger partial charge is 0.417 e. The van der Waals surface area contributed by atoms with Crippen LogP contribution in [0.2, 0.25) is 5.02 Å². The Bertz CT molecular complexity index is 1130. The molecule has 0 aliphatic carbocycles. The molecule has 11 heteroatoms. The Morgan fingerprint density at radius 1 is 1.22 bits per heavy atom. The molecule has 4 rings (SSSR count). The fraction of sp³-hybridized carbons (Fsp3) is 0.238. The normalized spacial score (nSPS) is 14.2. The molecular formula is C21H17ClF3N5O2. The number of aromatic nitrogens is 3. The van der Waals surface area contributed by atoms with E-state index in [1.54, 1.807) is 12.4 Å². The van der Waals surface area contributed by atoms with Crippen molar-refractivity contribution in [1.82, 2.24) is 19.9 Å². The molecule has 2 amide bonds. The fourth-order valence-electron chi connectivity index (χ4n) is 3.22. The van der Waals surface area contributed by atoms with Crippen molar-refractivity contribution in [3.05, 3.63) is 76.9 Å². The molecule has 3 aromatic rings. The number of nitrogens with one attached hydrogen (secondary N) is 1. The average molecular weight is 464 g/mol. The first-order valence-corrected chi connectivity index (χ1v) is 9.99. The van der Waals surface area contributed by atoms with Crippen molar-refractivity contribution < 1.29 is 22.4 Å². The number of halogens is 4. The van der Waals surface area contributed by atoms with Crippen LogP contribution in [-0.2, 0) is 12.6 Å². The summed E-state index contributed by atoms with van der Waals surface area (Å²) in [5, 5.41) is 3.00. The van der Waals surface area contributed by atoms with Crippen molar-refractivity contribution in [2.45, 2.75) is 19.0 Å². The number of alkyl halides is 3. The van der Waals surface area contributed by atoms with E-state index in [2.05, 4.69) is 20.3 Å². The van der Waals surface area contributed by atoms with Gasteiger partial charge in [-0.15, -0.1) is 0 Å². The molecule has 3 aromatic heterocycles. The Morgan fingerprint density at radius 2 is 2.06 bits per heavy atom. The van der Waals surface area contributed by atoms with E-state index < -0.39 is 17.8 Å². The number of anilines is 1. The van der Waals surface area contributed by atoms with Crippen molar-refractivity contribution in [3.8, 4) is 0 Å². The van der Waals surface area contributed by atoms with Crippen molar-refractivity contribution in [3.63, 3.8) is 0 Å². The van der Waals surface area contributed by atoms with Crippen LogP contribution in [0.1, 0.15) is 29.1 Å². The van der Waals surface area contributed by atoms with E-state index in [0.717, 1.165) is 23.3 Å². The van der Waals surface area contributed by atoms with Crippen LogP contribution in [0.25, 0.3) is 5.57 Å². The van der Waals surface area contributed by atoms with Gasteiger partial charge in [0.1, 0.15) is 12.1 Å². The molecule has 0 spiro atoms. The first-order chi connectivity index (χ1) is 15.3. The second-order valence-electron chi connectivity index (χ2n) is 7.06. The highest BCUT2D eigenvalue weighted by molar-refractivity contribution is 6.32. The first kappa shape index (κ1) is 21.8. The van der Waals surface area contributed by atoms with E-state index in [1.807, 2.05) is 12.1 Å². The molecule has 1 aliphatic heterocycles. The third kappa shape index (κ3) is 5.08. The average Bonchev–Trinajstić information content (AvgIpc) is 3.27. The van der Waals surface area contributed by atoms with Gasteiger partial charge >= 0.3 is 12.2 Å². The number of hydrogen-bond donors (Lipinski definition) is 1. The van der Waals surface area contributed by atoms with Crippen LogP contribution in [0.4, 0.5) is 23.8 Å². The van der Waals surface area contributed by atoms with Gasteiger partial charge in [-0.25, -0.2) is 14.8 Å². The summed E-state index contributed by atoms with van der Waals surface area (Å²) in [6.07, 6.45) is 3.84. The fourth-order valence-corrected chi connectivity index (χ4v) is 3.53. The van der Waals surface area contributed by atoms with Gasteiger partial charge in [-0.3, -0.25) is 10.3 Å². The van der Waals surface area contributed by atoms with Crippen LogP contribution >= 0.6 is 11.6 Å². The predicted octanol–water partition coefficient (Wildman–Crippen LogP) is 5.05. The van der Waals surface area contributed by atoms with Crippen LogP contribution < -0.4 is 5.32 Å². The predicted molar refractivity (Wildman–Crippen MR) is 111 cm³/mol. The standard InChI is InChI=1S/C21H17ClF3N5O2/c22-16-9-13(10-18-26-5-8-32-18)11-28-19(16)14-3-6-30(7-4-14)20(31)29-17-2-1-15(12-27-17)21(23,24)25/h1-3,5,8-9,11-12H,4,6-7,10H2,(H,27,29,31). The molecule has 166 valence electrons. The number of oxazole rings is 1. The lowest BCUT2D eigenvalue weighted by atomic mass is 10.0. The number of carbonyl (C=O) groups is 1. The van der Waals surface area contributed by atoms with Crippen molar-refractivity contribution in [1.29, 1.82) is 0 Å². The minimum Gasteiger partial charge on any atom is -0.449 e. The summed E-state index contributed by atoms with van der Waals surface area (Å²) in [4.78, 5) is 26.1. The van der Waals surface area contributed by atoms with Gasteiger partial charge in [0.2, 0.25) is 0 Å². The van der Waals surface area contributed by atoms with Crippen molar-refractivity contribution >= 4 is 29.0 Å². The van der Waals surface area contributed by atoms with E-state index in [4.69, 9.17) is 16.0 Å². The lowest BCUT2D eigenvalue weighted by Gasteiger charge is -2.26. The van der Waals surface area contributed by atoms with Crippen LogP contribution in [0.3, 0.4) is 0 Å². The molecule has 0 saturated heterocycles. The molecule has 0 atom stereocenters.